The first-order valence-electron chi connectivity index (χ1n) is 4.31. The highest BCUT2D eigenvalue weighted by Gasteiger charge is 2.13. The van der Waals surface area contributed by atoms with Gasteiger partial charge in [0.1, 0.15) is 11.6 Å². The van der Waals surface area contributed by atoms with Gasteiger partial charge in [-0.2, -0.15) is 0 Å². The van der Waals surface area contributed by atoms with Crippen molar-refractivity contribution < 1.29 is 18.3 Å². The summed E-state index contributed by atoms with van der Waals surface area (Å²) in [5.41, 5.74) is 5.81. The Bertz CT molecular complexity index is 354. The highest BCUT2D eigenvalue weighted by atomic mass is 35.5. The van der Waals surface area contributed by atoms with Gasteiger partial charge in [-0.15, -0.1) is 12.4 Å². The average Bonchev–Trinajstić information content (AvgIpc) is 2.16. The normalized spacial score (nSPS) is 11.5. The van der Waals surface area contributed by atoms with E-state index in [2.05, 4.69) is 4.74 Å². The van der Waals surface area contributed by atoms with Crippen molar-refractivity contribution in [3.63, 3.8) is 0 Å². The minimum absolute atomic E-state index is 0. The van der Waals surface area contributed by atoms with Crippen LogP contribution < -0.4 is 5.73 Å². The van der Waals surface area contributed by atoms with E-state index < -0.39 is 23.6 Å². The molecule has 1 aromatic rings. The standard InChI is InChI=1S/C10H11F2NO2.ClH/c1-15-10(14)5-9(13)6-2-7(11)4-8(12)3-6;/h2-4,9H,5,13H2,1H3;1H. The Morgan fingerprint density at radius 3 is 2.31 bits per heavy atom. The molecule has 0 saturated carbocycles. The second-order valence-electron chi connectivity index (χ2n) is 3.09. The Labute approximate surface area is 98.0 Å². The molecule has 0 aliphatic rings. The SMILES string of the molecule is COC(=O)CC(N)c1cc(F)cc(F)c1.Cl. The molecule has 0 aromatic heterocycles. The summed E-state index contributed by atoms with van der Waals surface area (Å²) in [6.07, 6.45) is -0.112. The lowest BCUT2D eigenvalue weighted by Gasteiger charge is -2.10. The van der Waals surface area contributed by atoms with Crippen LogP contribution >= 0.6 is 12.4 Å². The lowest BCUT2D eigenvalue weighted by atomic mass is 10.0. The zero-order valence-electron chi connectivity index (χ0n) is 8.57. The molecule has 1 atom stereocenters. The van der Waals surface area contributed by atoms with E-state index in [1.54, 1.807) is 0 Å². The molecular formula is C10H12ClF2NO2. The number of esters is 1. The van der Waals surface area contributed by atoms with Gasteiger partial charge in [-0.25, -0.2) is 8.78 Å². The first kappa shape index (κ1) is 14.8. The summed E-state index contributed by atoms with van der Waals surface area (Å²) < 4.78 is 30.0. The molecule has 0 bridgehead atoms. The van der Waals surface area contributed by atoms with Gasteiger partial charge in [0.25, 0.3) is 0 Å². The maximum atomic E-state index is 12.8. The molecule has 2 N–H and O–H groups in total. The monoisotopic (exact) mass is 251 g/mol. The van der Waals surface area contributed by atoms with Crippen molar-refractivity contribution in [3.8, 4) is 0 Å². The maximum Gasteiger partial charge on any atom is 0.307 e. The van der Waals surface area contributed by atoms with E-state index in [9.17, 15) is 13.6 Å². The quantitative estimate of drug-likeness (QED) is 0.836. The molecule has 0 radical (unpaired) electrons. The fraction of sp³-hybridized carbons (Fsp3) is 0.300. The number of hydrogen-bond acceptors (Lipinski definition) is 3. The van der Waals surface area contributed by atoms with Gasteiger partial charge < -0.3 is 10.5 Å². The van der Waals surface area contributed by atoms with Crippen LogP contribution in [0.3, 0.4) is 0 Å². The van der Waals surface area contributed by atoms with E-state index >= 15 is 0 Å². The van der Waals surface area contributed by atoms with Gasteiger partial charge in [-0.3, -0.25) is 4.79 Å². The predicted octanol–water partition coefficient (Wildman–Crippen LogP) is 1.95. The molecule has 6 heteroatoms. The average molecular weight is 252 g/mol. The van der Waals surface area contributed by atoms with E-state index in [0.29, 0.717) is 0 Å². The van der Waals surface area contributed by atoms with Crippen molar-refractivity contribution in [2.75, 3.05) is 7.11 Å². The third-order valence-electron chi connectivity index (χ3n) is 1.93. The van der Waals surface area contributed by atoms with Crippen LogP contribution in [0.1, 0.15) is 18.0 Å². The molecular weight excluding hydrogens is 240 g/mol. The van der Waals surface area contributed by atoms with E-state index in [1.165, 1.54) is 7.11 Å². The van der Waals surface area contributed by atoms with Crippen molar-refractivity contribution in [2.45, 2.75) is 12.5 Å². The van der Waals surface area contributed by atoms with Gasteiger partial charge in [0.2, 0.25) is 0 Å². The zero-order chi connectivity index (χ0) is 11.4. The smallest absolute Gasteiger partial charge is 0.307 e. The molecule has 3 nitrogen and oxygen atoms in total. The molecule has 0 heterocycles. The van der Waals surface area contributed by atoms with Crippen molar-refractivity contribution in [2.24, 2.45) is 5.73 Å². The summed E-state index contributed by atoms with van der Waals surface area (Å²) in [7, 11) is 1.22. The molecule has 90 valence electrons. The van der Waals surface area contributed by atoms with E-state index in [-0.39, 0.29) is 24.4 Å². The minimum atomic E-state index is -0.761. The molecule has 0 saturated heterocycles. The third-order valence-corrected chi connectivity index (χ3v) is 1.93. The van der Waals surface area contributed by atoms with Crippen molar-refractivity contribution >= 4 is 18.4 Å². The number of nitrogens with two attached hydrogens (primary N) is 1. The molecule has 0 aliphatic carbocycles. The largest absolute Gasteiger partial charge is 0.469 e. The summed E-state index contributed by atoms with van der Waals surface area (Å²) in [6, 6.07) is 2.17. The Balaban J connectivity index is 0.00000225. The summed E-state index contributed by atoms with van der Waals surface area (Å²) >= 11 is 0. The summed E-state index contributed by atoms with van der Waals surface area (Å²) in [5.74, 6) is -1.96. The van der Waals surface area contributed by atoms with Gasteiger partial charge >= 0.3 is 5.97 Å². The lowest BCUT2D eigenvalue weighted by Crippen LogP contribution is -2.16. The van der Waals surface area contributed by atoms with Gasteiger partial charge in [0.05, 0.1) is 13.5 Å². The fourth-order valence-electron chi connectivity index (χ4n) is 1.17. The Morgan fingerprint density at radius 1 is 1.38 bits per heavy atom. The lowest BCUT2D eigenvalue weighted by molar-refractivity contribution is -0.141. The van der Waals surface area contributed by atoms with Crippen LogP contribution in [0.2, 0.25) is 0 Å². The first-order chi connectivity index (χ1) is 7.02. The number of carbonyl (C=O) groups excluding carboxylic acids is 1. The number of methoxy groups -OCH3 is 1. The van der Waals surface area contributed by atoms with Crippen LogP contribution in [0, 0.1) is 11.6 Å². The molecule has 1 rings (SSSR count). The minimum Gasteiger partial charge on any atom is -0.469 e. The molecule has 1 unspecified atom stereocenters. The summed E-state index contributed by atoms with van der Waals surface area (Å²) in [5, 5.41) is 0. The summed E-state index contributed by atoms with van der Waals surface area (Å²) in [6.45, 7) is 0. The topological polar surface area (TPSA) is 52.3 Å². The second kappa shape index (κ2) is 6.40. The number of halogens is 3. The second-order valence-corrected chi connectivity index (χ2v) is 3.09. The first-order valence-corrected chi connectivity index (χ1v) is 4.31. The third kappa shape index (κ3) is 4.12. The van der Waals surface area contributed by atoms with E-state index in [1.807, 2.05) is 0 Å². The van der Waals surface area contributed by atoms with Crippen molar-refractivity contribution in [3.05, 3.63) is 35.4 Å². The van der Waals surface area contributed by atoms with Crippen LogP contribution in [0.25, 0.3) is 0 Å². The Hall–Kier alpha value is -1.20. The number of carbonyl (C=O) groups is 1. The number of rotatable bonds is 3. The summed E-state index contributed by atoms with van der Waals surface area (Å²) in [4.78, 5) is 10.9. The molecule has 16 heavy (non-hydrogen) atoms. The maximum absolute atomic E-state index is 12.8. The van der Waals surface area contributed by atoms with Gasteiger partial charge in [-0.05, 0) is 17.7 Å². The zero-order valence-corrected chi connectivity index (χ0v) is 9.39. The van der Waals surface area contributed by atoms with Crippen LogP contribution in [0.4, 0.5) is 8.78 Å². The van der Waals surface area contributed by atoms with Gasteiger partial charge in [-0.1, -0.05) is 0 Å². The van der Waals surface area contributed by atoms with Gasteiger partial charge in [0, 0.05) is 12.1 Å². The van der Waals surface area contributed by atoms with Crippen LogP contribution in [0.5, 0.6) is 0 Å². The van der Waals surface area contributed by atoms with E-state index in [0.717, 1.165) is 18.2 Å². The molecule has 0 fully saturated rings. The van der Waals surface area contributed by atoms with Crippen molar-refractivity contribution in [1.82, 2.24) is 0 Å². The molecule has 0 amide bonds. The van der Waals surface area contributed by atoms with Crippen molar-refractivity contribution in [1.29, 1.82) is 0 Å². The highest BCUT2D eigenvalue weighted by molar-refractivity contribution is 5.85. The molecule has 1 aromatic carbocycles. The Kier molecular flexibility index (Phi) is 5.92. The number of benzene rings is 1. The highest BCUT2D eigenvalue weighted by Crippen LogP contribution is 2.17. The predicted molar refractivity (Wildman–Crippen MR) is 57.2 cm³/mol. The molecule has 0 aliphatic heterocycles. The van der Waals surface area contributed by atoms with Crippen LogP contribution in [0.15, 0.2) is 18.2 Å². The van der Waals surface area contributed by atoms with E-state index in [4.69, 9.17) is 5.73 Å². The number of ether oxygens (including phenoxy) is 1. The van der Waals surface area contributed by atoms with Crippen LogP contribution in [-0.2, 0) is 9.53 Å². The fourth-order valence-corrected chi connectivity index (χ4v) is 1.17. The Morgan fingerprint density at radius 2 is 1.88 bits per heavy atom. The van der Waals surface area contributed by atoms with Crippen LogP contribution in [-0.4, -0.2) is 13.1 Å². The van der Waals surface area contributed by atoms with Gasteiger partial charge in [0.15, 0.2) is 0 Å². The number of hydrogen-bond donors (Lipinski definition) is 1. The molecule has 0 spiro atoms.